The molecule has 1 amide bonds. The summed E-state index contributed by atoms with van der Waals surface area (Å²) in [4.78, 5) is 17.2. The van der Waals surface area contributed by atoms with Crippen molar-refractivity contribution in [3.05, 3.63) is 65.5 Å². The first-order chi connectivity index (χ1) is 15.2. The molecular weight excluding hydrogens is 444 g/mol. The largest absolute Gasteiger partial charge is 0.324 e. The summed E-state index contributed by atoms with van der Waals surface area (Å²) < 4.78 is 53.9. The van der Waals surface area contributed by atoms with Gasteiger partial charge in [-0.25, -0.2) is 22.5 Å². The number of carbonyl (C=O) groups excluding carboxylic acids is 1. The maximum atomic E-state index is 13.2. The number of thiazole rings is 1. The standard InChI is InChI=1S/C22H18F4N4OS/c1-11-3-8-15-18(9-11)32-22(28-15)13-4-6-14(7-5-13)27-21(31)12(2)30-17(20(25)26)10-16(29-30)19(23)24/h3-10,12,19-20H,1-2H3,(H,27,31). The van der Waals surface area contributed by atoms with E-state index in [1.165, 1.54) is 6.92 Å². The van der Waals surface area contributed by atoms with Gasteiger partial charge >= 0.3 is 0 Å². The normalized spacial score (nSPS) is 12.6. The van der Waals surface area contributed by atoms with Crippen LogP contribution in [0.25, 0.3) is 20.8 Å². The van der Waals surface area contributed by atoms with Gasteiger partial charge in [-0.3, -0.25) is 9.48 Å². The van der Waals surface area contributed by atoms with Crippen LogP contribution in [0, 0.1) is 6.92 Å². The third kappa shape index (κ3) is 4.36. The smallest absolute Gasteiger partial charge is 0.282 e. The molecule has 10 heteroatoms. The van der Waals surface area contributed by atoms with Crippen LogP contribution in [0.15, 0.2) is 48.5 Å². The number of rotatable bonds is 6. The number of benzene rings is 2. The number of aryl methyl sites for hydroxylation is 1. The molecule has 0 fully saturated rings. The average Bonchev–Trinajstić information content (AvgIpc) is 3.38. The number of nitrogens with zero attached hydrogens (tertiary/aromatic N) is 3. The number of aromatic nitrogens is 3. The van der Waals surface area contributed by atoms with Gasteiger partial charge in [-0.05, 0) is 61.9 Å². The molecule has 0 aliphatic carbocycles. The summed E-state index contributed by atoms with van der Waals surface area (Å²) in [5, 5.41) is 6.93. The summed E-state index contributed by atoms with van der Waals surface area (Å²) in [6.45, 7) is 3.33. The van der Waals surface area contributed by atoms with Crippen molar-refractivity contribution in [2.24, 2.45) is 0 Å². The van der Waals surface area contributed by atoms with Gasteiger partial charge in [0.05, 0.1) is 10.2 Å². The van der Waals surface area contributed by atoms with Gasteiger partial charge in [-0.2, -0.15) is 5.10 Å². The Balaban J connectivity index is 1.51. The molecule has 2 aromatic heterocycles. The predicted octanol–water partition coefficient (Wildman–Crippen LogP) is 6.54. The molecule has 0 aliphatic heterocycles. The highest BCUT2D eigenvalue weighted by atomic mass is 32.1. The molecule has 4 rings (SSSR count). The fourth-order valence-corrected chi connectivity index (χ4v) is 4.29. The lowest BCUT2D eigenvalue weighted by Crippen LogP contribution is -2.26. The van der Waals surface area contributed by atoms with Crippen LogP contribution in [0.4, 0.5) is 23.2 Å². The zero-order chi connectivity index (χ0) is 23.0. The molecule has 0 radical (unpaired) electrons. The first-order valence-corrected chi connectivity index (χ1v) is 10.5. The number of hydrogen-bond acceptors (Lipinski definition) is 4. The Labute approximate surface area is 184 Å². The molecule has 0 saturated carbocycles. The highest BCUT2D eigenvalue weighted by Gasteiger charge is 2.27. The first kappa shape index (κ1) is 21.9. The van der Waals surface area contributed by atoms with E-state index in [4.69, 9.17) is 0 Å². The maximum Gasteiger partial charge on any atom is 0.282 e. The molecule has 0 spiro atoms. The Kier molecular flexibility index (Phi) is 5.96. The molecule has 2 heterocycles. The van der Waals surface area contributed by atoms with Crippen molar-refractivity contribution in [2.75, 3.05) is 5.32 Å². The van der Waals surface area contributed by atoms with Crippen LogP contribution >= 0.6 is 11.3 Å². The maximum absolute atomic E-state index is 13.2. The van der Waals surface area contributed by atoms with Crippen LogP contribution in [-0.4, -0.2) is 20.7 Å². The molecule has 4 aromatic rings. The number of fused-ring (bicyclic) bond motifs is 1. The zero-order valence-electron chi connectivity index (χ0n) is 17.0. The number of alkyl halides is 4. The number of carbonyl (C=O) groups is 1. The second kappa shape index (κ2) is 8.70. The molecule has 0 saturated heterocycles. The van der Waals surface area contributed by atoms with Crippen LogP contribution in [0.1, 0.15) is 42.8 Å². The molecule has 0 bridgehead atoms. The van der Waals surface area contributed by atoms with Crippen molar-refractivity contribution in [2.45, 2.75) is 32.7 Å². The van der Waals surface area contributed by atoms with E-state index in [1.807, 2.05) is 19.1 Å². The molecule has 5 nitrogen and oxygen atoms in total. The third-order valence-electron chi connectivity index (χ3n) is 4.92. The average molecular weight is 462 g/mol. The zero-order valence-corrected chi connectivity index (χ0v) is 17.8. The minimum absolute atomic E-state index is 0.433. The van der Waals surface area contributed by atoms with E-state index >= 15 is 0 Å². The molecule has 2 aromatic carbocycles. The Hall–Kier alpha value is -3.27. The summed E-state index contributed by atoms with van der Waals surface area (Å²) in [6, 6.07) is 12.3. The van der Waals surface area contributed by atoms with Crippen molar-refractivity contribution < 1.29 is 22.4 Å². The van der Waals surface area contributed by atoms with E-state index in [0.29, 0.717) is 16.4 Å². The monoisotopic (exact) mass is 462 g/mol. The first-order valence-electron chi connectivity index (χ1n) is 9.67. The van der Waals surface area contributed by atoms with Gasteiger partial charge in [-0.1, -0.05) is 6.07 Å². The van der Waals surface area contributed by atoms with Gasteiger partial charge < -0.3 is 5.32 Å². The fourth-order valence-electron chi connectivity index (χ4n) is 3.22. The number of halogens is 4. The van der Waals surface area contributed by atoms with E-state index in [2.05, 4.69) is 21.5 Å². The highest BCUT2D eigenvalue weighted by molar-refractivity contribution is 7.21. The second-order valence-corrected chi connectivity index (χ2v) is 8.30. The van der Waals surface area contributed by atoms with Crippen molar-refractivity contribution >= 4 is 33.1 Å². The van der Waals surface area contributed by atoms with Crippen LogP contribution in [0.5, 0.6) is 0 Å². The summed E-state index contributed by atoms with van der Waals surface area (Å²) in [5.74, 6) is -0.654. The van der Waals surface area contributed by atoms with Gasteiger partial charge in [0.1, 0.15) is 22.4 Å². The highest BCUT2D eigenvalue weighted by Crippen LogP contribution is 2.32. The van der Waals surface area contributed by atoms with E-state index in [-0.39, 0.29) is 0 Å². The van der Waals surface area contributed by atoms with Crippen molar-refractivity contribution in [1.29, 1.82) is 0 Å². The second-order valence-electron chi connectivity index (χ2n) is 7.27. The summed E-state index contributed by atoms with van der Waals surface area (Å²) >= 11 is 1.55. The number of nitrogens with one attached hydrogen (secondary N) is 1. The molecule has 1 atom stereocenters. The van der Waals surface area contributed by atoms with Gasteiger partial charge in [0.25, 0.3) is 12.9 Å². The van der Waals surface area contributed by atoms with E-state index in [1.54, 1.807) is 35.6 Å². The van der Waals surface area contributed by atoms with Crippen molar-refractivity contribution in [3.8, 4) is 10.6 Å². The molecule has 1 N–H and O–H groups in total. The molecule has 166 valence electrons. The van der Waals surface area contributed by atoms with Gasteiger partial charge in [-0.15, -0.1) is 11.3 Å². The minimum Gasteiger partial charge on any atom is -0.324 e. The summed E-state index contributed by atoms with van der Waals surface area (Å²) in [5.41, 5.74) is 1.82. The van der Waals surface area contributed by atoms with Crippen molar-refractivity contribution in [1.82, 2.24) is 14.8 Å². The molecular formula is C22H18F4N4OS. The minimum atomic E-state index is -3.04. The molecule has 1 unspecified atom stereocenters. The van der Waals surface area contributed by atoms with Crippen LogP contribution in [-0.2, 0) is 4.79 Å². The Morgan fingerprint density at radius 3 is 2.41 bits per heavy atom. The predicted molar refractivity (Wildman–Crippen MR) is 115 cm³/mol. The Bertz CT molecular complexity index is 1270. The topological polar surface area (TPSA) is 59.8 Å². The Morgan fingerprint density at radius 1 is 1.03 bits per heavy atom. The number of amides is 1. The Morgan fingerprint density at radius 2 is 1.75 bits per heavy atom. The molecule has 0 aliphatic rings. The van der Waals surface area contributed by atoms with Gasteiger partial charge in [0, 0.05) is 11.3 Å². The fraction of sp³-hybridized carbons (Fsp3) is 0.227. The van der Waals surface area contributed by atoms with Crippen molar-refractivity contribution in [3.63, 3.8) is 0 Å². The SMILES string of the molecule is Cc1ccc2nc(-c3ccc(NC(=O)C(C)n4nc(C(F)F)cc4C(F)F)cc3)sc2c1. The van der Waals surface area contributed by atoms with E-state index in [0.717, 1.165) is 26.4 Å². The van der Waals surface area contributed by atoms with Gasteiger partial charge in [0.15, 0.2) is 0 Å². The molecule has 32 heavy (non-hydrogen) atoms. The lowest BCUT2D eigenvalue weighted by atomic mass is 10.2. The number of anilines is 1. The van der Waals surface area contributed by atoms with Crippen LogP contribution < -0.4 is 5.32 Å². The lowest BCUT2D eigenvalue weighted by Gasteiger charge is -2.15. The quantitative estimate of drug-likeness (QED) is 0.331. The van der Waals surface area contributed by atoms with Crippen LogP contribution in [0.2, 0.25) is 0 Å². The van der Waals surface area contributed by atoms with Gasteiger partial charge in [0.2, 0.25) is 5.91 Å². The van der Waals surface area contributed by atoms with Crippen LogP contribution in [0.3, 0.4) is 0 Å². The number of hydrogen-bond donors (Lipinski definition) is 1. The van der Waals surface area contributed by atoms with E-state index < -0.39 is 36.2 Å². The lowest BCUT2D eigenvalue weighted by molar-refractivity contribution is -0.119. The summed E-state index contributed by atoms with van der Waals surface area (Å²) in [6.07, 6.45) is -6.05. The van der Waals surface area contributed by atoms with E-state index in [9.17, 15) is 22.4 Å². The summed E-state index contributed by atoms with van der Waals surface area (Å²) in [7, 11) is 0. The third-order valence-corrected chi connectivity index (χ3v) is 5.99.